The van der Waals surface area contributed by atoms with Crippen LogP contribution in [-0.4, -0.2) is 53.0 Å². The van der Waals surface area contributed by atoms with Crippen LogP contribution in [0.5, 0.6) is 0 Å². The van der Waals surface area contributed by atoms with Crippen molar-refractivity contribution in [1.29, 1.82) is 0 Å². The van der Waals surface area contributed by atoms with Gasteiger partial charge in [-0.2, -0.15) is 0 Å². The Labute approximate surface area is 195 Å². The van der Waals surface area contributed by atoms with Crippen LogP contribution >= 0.6 is 0 Å². The van der Waals surface area contributed by atoms with Crippen molar-refractivity contribution in [2.24, 2.45) is 0 Å². The first-order valence-electron chi connectivity index (χ1n) is 11.4. The number of urea groups is 1. The molecule has 0 bridgehead atoms. The number of ether oxygens (including phenoxy) is 2. The largest absolute Gasteiger partial charge is 0.466 e. The molecular weight excluding hydrogens is 420 g/mol. The first kappa shape index (κ1) is 24.3. The van der Waals surface area contributed by atoms with Gasteiger partial charge in [0.05, 0.1) is 13.0 Å². The van der Waals surface area contributed by atoms with Gasteiger partial charge in [-0.15, -0.1) is 0 Å². The van der Waals surface area contributed by atoms with Crippen LogP contribution in [-0.2, 0) is 38.6 Å². The normalized spacial score (nSPS) is 15.0. The SMILES string of the molecule is CCOC(=O)CCN(C(=O)N1Cc2ccccc2CC1C(=O)OCc1ccccc1)C(C)C. The van der Waals surface area contributed by atoms with E-state index in [2.05, 4.69) is 0 Å². The van der Waals surface area contributed by atoms with E-state index in [0.717, 1.165) is 16.7 Å². The molecule has 2 aromatic carbocycles. The highest BCUT2D eigenvalue weighted by molar-refractivity contribution is 5.85. The number of benzene rings is 2. The smallest absolute Gasteiger partial charge is 0.329 e. The lowest BCUT2D eigenvalue weighted by Crippen LogP contribution is -2.55. The Balaban J connectivity index is 1.79. The minimum Gasteiger partial charge on any atom is -0.466 e. The molecule has 0 N–H and O–H groups in total. The van der Waals surface area contributed by atoms with Crippen molar-refractivity contribution in [2.75, 3.05) is 13.2 Å². The van der Waals surface area contributed by atoms with Crippen molar-refractivity contribution in [3.8, 4) is 0 Å². The summed E-state index contributed by atoms with van der Waals surface area (Å²) in [6.07, 6.45) is 0.491. The quantitative estimate of drug-likeness (QED) is 0.567. The fraction of sp³-hybridized carbons (Fsp3) is 0.423. The highest BCUT2D eigenvalue weighted by atomic mass is 16.5. The molecule has 7 heteroatoms. The minimum atomic E-state index is -0.736. The van der Waals surface area contributed by atoms with Crippen LogP contribution in [0.15, 0.2) is 54.6 Å². The zero-order valence-electron chi connectivity index (χ0n) is 19.5. The van der Waals surface area contributed by atoms with E-state index in [-0.39, 0.29) is 37.6 Å². The molecule has 0 spiro atoms. The summed E-state index contributed by atoms with van der Waals surface area (Å²) in [5, 5.41) is 0. The molecule has 3 rings (SSSR count). The van der Waals surface area contributed by atoms with Crippen LogP contribution in [0.2, 0.25) is 0 Å². The number of carbonyl (C=O) groups is 3. The van der Waals surface area contributed by atoms with Gasteiger partial charge in [-0.25, -0.2) is 9.59 Å². The first-order chi connectivity index (χ1) is 15.9. The van der Waals surface area contributed by atoms with Gasteiger partial charge >= 0.3 is 18.0 Å². The Bertz CT molecular complexity index is 960. The average Bonchev–Trinajstić information content (AvgIpc) is 2.82. The first-order valence-corrected chi connectivity index (χ1v) is 11.4. The molecule has 0 radical (unpaired) electrons. The highest BCUT2D eigenvalue weighted by Gasteiger charge is 2.38. The van der Waals surface area contributed by atoms with Gasteiger partial charge in [0, 0.05) is 25.6 Å². The maximum absolute atomic E-state index is 13.6. The van der Waals surface area contributed by atoms with Crippen molar-refractivity contribution in [3.63, 3.8) is 0 Å². The van der Waals surface area contributed by atoms with E-state index < -0.39 is 12.0 Å². The van der Waals surface area contributed by atoms with Gasteiger partial charge in [-0.1, -0.05) is 54.6 Å². The van der Waals surface area contributed by atoms with E-state index >= 15 is 0 Å². The monoisotopic (exact) mass is 452 g/mol. The van der Waals surface area contributed by atoms with Gasteiger partial charge in [0.15, 0.2) is 0 Å². The number of fused-ring (bicyclic) bond motifs is 1. The Morgan fingerprint density at radius 2 is 1.67 bits per heavy atom. The zero-order valence-corrected chi connectivity index (χ0v) is 19.5. The predicted octanol–water partition coefficient (Wildman–Crippen LogP) is 3.94. The van der Waals surface area contributed by atoms with Gasteiger partial charge in [-0.05, 0) is 37.5 Å². The van der Waals surface area contributed by atoms with Crippen molar-refractivity contribution >= 4 is 18.0 Å². The third-order valence-electron chi connectivity index (χ3n) is 5.72. The lowest BCUT2D eigenvalue weighted by molar-refractivity contribution is -0.151. The molecule has 1 heterocycles. The summed E-state index contributed by atoms with van der Waals surface area (Å²) in [5.41, 5.74) is 2.93. The van der Waals surface area contributed by atoms with Gasteiger partial charge in [0.25, 0.3) is 0 Å². The van der Waals surface area contributed by atoms with Crippen LogP contribution in [0.25, 0.3) is 0 Å². The molecule has 0 aromatic heterocycles. The van der Waals surface area contributed by atoms with Crippen molar-refractivity contribution in [1.82, 2.24) is 9.80 Å². The third kappa shape index (κ3) is 6.34. The number of carbonyl (C=O) groups excluding carboxylic acids is 3. The van der Waals surface area contributed by atoms with Crippen molar-refractivity contribution < 1.29 is 23.9 Å². The molecule has 1 aliphatic rings. The number of nitrogens with zero attached hydrogens (tertiary/aromatic N) is 2. The number of hydrogen-bond donors (Lipinski definition) is 0. The lowest BCUT2D eigenvalue weighted by Gasteiger charge is -2.39. The van der Waals surface area contributed by atoms with Crippen molar-refractivity contribution in [2.45, 2.75) is 58.8 Å². The zero-order chi connectivity index (χ0) is 23.8. The number of esters is 2. The molecule has 0 aliphatic carbocycles. The minimum absolute atomic E-state index is 0.102. The van der Waals surface area contributed by atoms with Gasteiger partial charge in [0.2, 0.25) is 0 Å². The molecule has 1 aliphatic heterocycles. The number of rotatable bonds is 8. The van der Waals surface area contributed by atoms with Crippen molar-refractivity contribution in [3.05, 3.63) is 71.3 Å². The Morgan fingerprint density at radius 3 is 2.33 bits per heavy atom. The van der Waals surface area contributed by atoms with E-state index in [1.54, 1.807) is 16.7 Å². The van der Waals surface area contributed by atoms with Gasteiger partial charge in [-0.3, -0.25) is 4.79 Å². The fourth-order valence-corrected chi connectivity index (χ4v) is 3.94. The second-order valence-corrected chi connectivity index (χ2v) is 8.33. The Hall–Kier alpha value is -3.35. The fourth-order valence-electron chi connectivity index (χ4n) is 3.94. The maximum atomic E-state index is 13.6. The molecule has 7 nitrogen and oxygen atoms in total. The second-order valence-electron chi connectivity index (χ2n) is 8.33. The van der Waals surface area contributed by atoms with E-state index in [9.17, 15) is 14.4 Å². The number of amides is 2. The summed E-state index contributed by atoms with van der Waals surface area (Å²) >= 11 is 0. The molecule has 2 amide bonds. The number of hydrogen-bond acceptors (Lipinski definition) is 5. The van der Waals surface area contributed by atoms with E-state index in [1.807, 2.05) is 68.4 Å². The van der Waals surface area contributed by atoms with Crippen LogP contribution in [0.3, 0.4) is 0 Å². The predicted molar refractivity (Wildman–Crippen MR) is 124 cm³/mol. The summed E-state index contributed by atoms with van der Waals surface area (Å²) in [5.74, 6) is -0.783. The molecular formula is C26H32N2O5. The summed E-state index contributed by atoms with van der Waals surface area (Å²) in [7, 11) is 0. The van der Waals surface area contributed by atoms with Crippen LogP contribution in [0.4, 0.5) is 4.79 Å². The maximum Gasteiger partial charge on any atom is 0.329 e. The molecule has 2 aromatic rings. The summed E-state index contributed by atoms with van der Waals surface area (Å²) < 4.78 is 10.6. The van der Waals surface area contributed by atoms with Gasteiger partial charge in [0.1, 0.15) is 12.6 Å². The summed E-state index contributed by atoms with van der Waals surface area (Å²) in [6, 6.07) is 16.1. The standard InChI is InChI=1S/C26H32N2O5/c1-4-32-24(29)14-15-27(19(2)3)26(31)28-17-22-13-9-8-12-21(22)16-23(28)25(30)33-18-20-10-6-5-7-11-20/h5-13,19,23H,4,14-18H2,1-3H3. The van der Waals surface area contributed by atoms with Crippen LogP contribution in [0.1, 0.15) is 43.9 Å². The molecule has 1 atom stereocenters. The topological polar surface area (TPSA) is 76.2 Å². The molecule has 33 heavy (non-hydrogen) atoms. The molecule has 1 unspecified atom stereocenters. The third-order valence-corrected chi connectivity index (χ3v) is 5.72. The molecule has 0 saturated heterocycles. The van der Waals surface area contributed by atoms with Crippen LogP contribution in [0, 0.1) is 0 Å². The summed E-state index contributed by atoms with van der Waals surface area (Å²) in [4.78, 5) is 41.8. The van der Waals surface area contributed by atoms with E-state index in [0.29, 0.717) is 19.6 Å². The lowest BCUT2D eigenvalue weighted by atomic mass is 9.94. The van der Waals surface area contributed by atoms with E-state index in [1.165, 1.54) is 0 Å². The Kier molecular flexibility index (Phi) is 8.46. The van der Waals surface area contributed by atoms with Crippen LogP contribution < -0.4 is 0 Å². The van der Waals surface area contributed by atoms with E-state index in [4.69, 9.17) is 9.47 Å². The highest BCUT2D eigenvalue weighted by Crippen LogP contribution is 2.26. The average molecular weight is 453 g/mol. The Morgan fingerprint density at radius 1 is 1.00 bits per heavy atom. The van der Waals surface area contributed by atoms with Gasteiger partial charge < -0.3 is 19.3 Å². The molecule has 0 fully saturated rings. The molecule has 0 saturated carbocycles. The summed E-state index contributed by atoms with van der Waals surface area (Å²) in [6.45, 7) is 6.51. The molecule has 176 valence electrons. The second kappa shape index (κ2) is 11.5.